The highest BCUT2D eigenvalue weighted by Crippen LogP contribution is 2.12. The normalized spacial score (nSPS) is 19.7. The molecular formula is C14H18N2O4S. The molecule has 1 aromatic carbocycles. The summed E-state index contributed by atoms with van der Waals surface area (Å²) < 4.78 is 0. The van der Waals surface area contributed by atoms with Crippen molar-refractivity contribution in [3.8, 4) is 5.75 Å². The zero-order valence-electron chi connectivity index (χ0n) is 11.4. The molecule has 0 saturated carbocycles. The van der Waals surface area contributed by atoms with Gasteiger partial charge in [-0.25, -0.2) is 4.79 Å². The van der Waals surface area contributed by atoms with E-state index in [1.807, 2.05) is 0 Å². The molecule has 114 valence electrons. The number of nitrogens with one attached hydrogen (secondary N) is 2. The first-order valence-electron chi connectivity index (χ1n) is 6.68. The molecule has 1 saturated heterocycles. The average molecular weight is 310 g/mol. The fourth-order valence-electron chi connectivity index (χ4n) is 2.07. The topological polar surface area (TPSA) is 98.7 Å². The second-order valence-corrected chi connectivity index (χ2v) is 6.00. The van der Waals surface area contributed by atoms with E-state index in [1.54, 1.807) is 23.9 Å². The Kier molecular flexibility index (Phi) is 5.46. The Morgan fingerprint density at radius 3 is 2.67 bits per heavy atom. The quantitative estimate of drug-likeness (QED) is 0.620. The van der Waals surface area contributed by atoms with Crippen LogP contribution in [0.5, 0.6) is 5.75 Å². The predicted molar refractivity (Wildman–Crippen MR) is 80.5 cm³/mol. The molecule has 1 amide bonds. The minimum Gasteiger partial charge on any atom is -0.508 e. The highest BCUT2D eigenvalue weighted by Gasteiger charge is 2.26. The number of hydrogen-bond donors (Lipinski definition) is 4. The van der Waals surface area contributed by atoms with Gasteiger partial charge in [0.1, 0.15) is 11.8 Å². The molecule has 7 heteroatoms. The summed E-state index contributed by atoms with van der Waals surface area (Å²) in [6.45, 7) is 0.748. The van der Waals surface area contributed by atoms with Gasteiger partial charge in [-0.05, 0) is 17.7 Å². The number of aromatic hydroxyl groups is 1. The Morgan fingerprint density at radius 2 is 2.10 bits per heavy atom. The van der Waals surface area contributed by atoms with Crippen LogP contribution in [0.1, 0.15) is 5.56 Å². The van der Waals surface area contributed by atoms with Gasteiger partial charge in [-0.15, -0.1) is 0 Å². The maximum Gasteiger partial charge on any atom is 0.326 e. The van der Waals surface area contributed by atoms with Crippen LogP contribution in [0.2, 0.25) is 0 Å². The number of rotatable bonds is 5. The average Bonchev–Trinajstić information content (AvgIpc) is 2.49. The third-order valence-electron chi connectivity index (χ3n) is 3.23. The first-order valence-corrected chi connectivity index (χ1v) is 7.84. The summed E-state index contributed by atoms with van der Waals surface area (Å²) in [7, 11) is 0. The zero-order valence-corrected chi connectivity index (χ0v) is 12.2. The molecule has 2 atom stereocenters. The molecule has 1 aromatic rings. The minimum atomic E-state index is -1.07. The van der Waals surface area contributed by atoms with Crippen molar-refractivity contribution in [2.75, 3.05) is 18.1 Å². The molecule has 1 unspecified atom stereocenters. The van der Waals surface area contributed by atoms with Gasteiger partial charge in [0.2, 0.25) is 5.91 Å². The number of phenolic OH excluding ortho intramolecular Hbond substituents is 1. The van der Waals surface area contributed by atoms with E-state index in [2.05, 4.69) is 10.6 Å². The minimum absolute atomic E-state index is 0.123. The molecule has 1 fully saturated rings. The Balaban J connectivity index is 1.96. The van der Waals surface area contributed by atoms with E-state index in [1.165, 1.54) is 12.1 Å². The van der Waals surface area contributed by atoms with Crippen molar-refractivity contribution >= 4 is 23.6 Å². The molecular weight excluding hydrogens is 292 g/mol. The van der Waals surface area contributed by atoms with Gasteiger partial charge in [-0.3, -0.25) is 4.79 Å². The number of carbonyl (C=O) groups is 2. The number of carboxylic acid groups (broad SMARTS) is 1. The number of aliphatic carboxylic acids is 1. The summed E-state index contributed by atoms with van der Waals surface area (Å²) >= 11 is 1.67. The number of phenols is 1. The van der Waals surface area contributed by atoms with Crippen molar-refractivity contribution in [3.05, 3.63) is 29.8 Å². The molecule has 1 heterocycles. The third-order valence-corrected chi connectivity index (χ3v) is 4.29. The van der Waals surface area contributed by atoms with Crippen LogP contribution in [0.25, 0.3) is 0 Å². The van der Waals surface area contributed by atoms with Crippen molar-refractivity contribution < 1.29 is 19.8 Å². The van der Waals surface area contributed by atoms with Crippen LogP contribution < -0.4 is 10.6 Å². The highest BCUT2D eigenvalue weighted by molar-refractivity contribution is 7.99. The van der Waals surface area contributed by atoms with Gasteiger partial charge < -0.3 is 20.8 Å². The molecule has 1 aliphatic heterocycles. The van der Waals surface area contributed by atoms with Crippen molar-refractivity contribution in [2.45, 2.75) is 18.5 Å². The second kappa shape index (κ2) is 7.33. The van der Waals surface area contributed by atoms with E-state index < -0.39 is 12.0 Å². The van der Waals surface area contributed by atoms with E-state index in [4.69, 9.17) is 0 Å². The van der Waals surface area contributed by atoms with E-state index in [0.717, 1.165) is 17.9 Å². The lowest BCUT2D eigenvalue weighted by molar-refractivity contribution is -0.142. The molecule has 0 bridgehead atoms. The smallest absolute Gasteiger partial charge is 0.326 e. The standard InChI is InChI=1S/C14H18N2O4S/c17-10-3-1-9(2-4-10)7-11(14(19)20)16-13(18)12-8-21-6-5-15-12/h1-4,11-12,15,17H,5-8H2,(H,16,18)(H,19,20)/t11-,12?/m1/s1. The van der Waals surface area contributed by atoms with Gasteiger partial charge in [0.15, 0.2) is 0 Å². The van der Waals surface area contributed by atoms with Crippen molar-refractivity contribution in [1.29, 1.82) is 0 Å². The summed E-state index contributed by atoms with van der Waals surface area (Å²) in [5, 5.41) is 24.1. The predicted octanol–water partition coefficient (Wildman–Crippen LogP) is 0.209. The summed E-state index contributed by atoms with van der Waals surface area (Å²) in [6, 6.07) is 4.96. The molecule has 0 radical (unpaired) electrons. The summed E-state index contributed by atoms with van der Waals surface area (Å²) in [4.78, 5) is 23.4. The molecule has 21 heavy (non-hydrogen) atoms. The number of hydrogen-bond acceptors (Lipinski definition) is 5. The molecule has 6 nitrogen and oxygen atoms in total. The van der Waals surface area contributed by atoms with E-state index in [9.17, 15) is 19.8 Å². The van der Waals surface area contributed by atoms with Crippen LogP contribution >= 0.6 is 11.8 Å². The lowest BCUT2D eigenvalue weighted by Crippen LogP contribution is -2.53. The summed E-state index contributed by atoms with van der Waals surface area (Å²) in [5.41, 5.74) is 0.742. The summed E-state index contributed by atoms with van der Waals surface area (Å²) in [6.07, 6.45) is 0.182. The number of carbonyl (C=O) groups excluding carboxylic acids is 1. The number of carboxylic acids is 1. The Bertz CT molecular complexity index is 500. The van der Waals surface area contributed by atoms with Gasteiger partial charge in [0.25, 0.3) is 0 Å². The Morgan fingerprint density at radius 1 is 1.38 bits per heavy atom. The lowest BCUT2D eigenvalue weighted by atomic mass is 10.1. The summed E-state index contributed by atoms with van der Waals surface area (Å²) in [5.74, 6) is 0.378. The van der Waals surface area contributed by atoms with Crippen molar-refractivity contribution in [3.63, 3.8) is 0 Å². The van der Waals surface area contributed by atoms with Gasteiger partial charge in [-0.1, -0.05) is 12.1 Å². The first-order chi connectivity index (χ1) is 10.1. The van der Waals surface area contributed by atoms with Gasteiger partial charge >= 0.3 is 5.97 Å². The van der Waals surface area contributed by atoms with Gasteiger partial charge in [-0.2, -0.15) is 11.8 Å². The molecule has 0 aromatic heterocycles. The van der Waals surface area contributed by atoms with Crippen molar-refractivity contribution in [1.82, 2.24) is 10.6 Å². The van der Waals surface area contributed by atoms with Crippen molar-refractivity contribution in [2.24, 2.45) is 0 Å². The number of benzene rings is 1. The van der Waals surface area contributed by atoms with Gasteiger partial charge in [0, 0.05) is 24.5 Å². The lowest BCUT2D eigenvalue weighted by Gasteiger charge is -2.24. The maximum absolute atomic E-state index is 12.1. The largest absolute Gasteiger partial charge is 0.508 e. The van der Waals surface area contributed by atoms with E-state index in [-0.39, 0.29) is 24.1 Å². The Hall–Kier alpha value is -1.73. The molecule has 4 N–H and O–H groups in total. The fourth-order valence-corrected chi connectivity index (χ4v) is 3.01. The highest BCUT2D eigenvalue weighted by atomic mass is 32.2. The van der Waals surface area contributed by atoms with Crippen LogP contribution in [-0.4, -0.2) is 52.2 Å². The number of amides is 1. The first kappa shape index (κ1) is 15.7. The van der Waals surface area contributed by atoms with Crippen LogP contribution in [0.4, 0.5) is 0 Å². The maximum atomic E-state index is 12.1. The van der Waals surface area contributed by atoms with E-state index >= 15 is 0 Å². The fraction of sp³-hybridized carbons (Fsp3) is 0.429. The zero-order chi connectivity index (χ0) is 15.2. The monoisotopic (exact) mass is 310 g/mol. The van der Waals surface area contributed by atoms with Crippen LogP contribution in [0.3, 0.4) is 0 Å². The Labute approximate surface area is 126 Å². The SMILES string of the molecule is O=C(N[C@H](Cc1ccc(O)cc1)C(=O)O)C1CSCCN1. The van der Waals surface area contributed by atoms with Crippen LogP contribution in [-0.2, 0) is 16.0 Å². The van der Waals surface area contributed by atoms with Crippen LogP contribution in [0, 0.1) is 0 Å². The molecule has 0 aliphatic carbocycles. The molecule has 2 rings (SSSR count). The third kappa shape index (κ3) is 4.64. The number of thioether (sulfide) groups is 1. The molecule has 0 spiro atoms. The second-order valence-electron chi connectivity index (χ2n) is 4.85. The van der Waals surface area contributed by atoms with Crippen LogP contribution in [0.15, 0.2) is 24.3 Å². The molecule has 1 aliphatic rings. The van der Waals surface area contributed by atoms with Gasteiger partial charge in [0.05, 0.1) is 6.04 Å². The van der Waals surface area contributed by atoms with E-state index in [0.29, 0.717) is 5.75 Å².